The Labute approximate surface area is 140 Å². The van der Waals surface area contributed by atoms with Gasteiger partial charge in [-0.15, -0.1) is 0 Å². The third kappa shape index (κ3) is 2.59. The number of carbonyl (C=O) groups excluding carboxylic acids is 1. The summed E-state index contributed by atoms with van der Waals surface area (Å²) in [5.74, 6) is -0.348. The lowest BCUT2D eigenvalue weighted by Gasteiger charge is -2.14. The van der Waals surface area contributed by atoms with Gasteiger partial charge in [0, 0.05) is 5.56 Å². The molecular formula is C18H18Cl2O2. The molecule has 0 N–H and O–H groups in total. The van der Waals surface area contributed by atoms with Gasteiger partial charge >= 0.3 is 5.97 Å². The first-order valence-corrected chi connectivity index (χ1v) is 8.09. The van der Waals surface area contributed by atoms with Gasteiger partial charge in [-0.3, -0.25) is 4.79 Å². The second-order valence-corrected chi connectivity index (χ2v) is 7.58. The van der Waals surface area contributed by atoms with Crippen molar-refractivity contribution in [2.45, 2.75) is 26.9 Å². The first-order chi connectivity index (χ1) is 10.3. The maximum atomic E-state index is 12.5. The number of ether oxygens (including phenoxy) is 1. The second-order valence-electron chi connectivity index (χ2n) is 6.58. The zero-order valence-corrected chi connectivity index (χ0v) is 14.3. The predicted octanol–water partition coefficient (Wildman–Crippen LogP) is 5.20. The van der Waals surface area contributed by atoms with Gasteiger partial charge in [0.1, 0.15) is 10.6 Å². The van der Waals surface area contributed by atoms with Gasteiger partial charge in [0.25, 0.3) is 0 Å². The van der Waals surface area contributed by atoms with Crippen LogP contribution in [0.5, 0.6) is 0 Å². The normalized spacial score (nSPS) is 27.2. The number of fused-ring (bicyclic) bond motifs is 1. The highest BCUT2D eigenvalue weighted by molar-refractivity contribution is 6.55. The Kier molecular flexibility index (Phi) is 3.86. The van der Waals surface area contributed by atoms with Crippen molar-refractivity contribution in [3.05, 3.63) is 51.5 Å². The highest BCUT2D eigenvalue weighted by Gasteiger charge is 2.61. The molecule has 0 heterocycles. The molecule has 2 nitrogen and oxygen atoms in total. The van der Waals surface area contributed by atoms with Crippen molar-refractivity contribution in [2.24, 2.45) is 17.3 Å². The minimum absolute atomic E-state index is 0.0346. The molecule has 0 aromatic heterocycles. The topological polar surface area (TPSA) is 26.3 Å². The van der Waals surface area contributed by atoms with Crippen LogP contribution in [0.3, 0.4) is 0 Å². The Balaban J connectivity index is 1.74. The van der Waals surface area contributed by atoms with Crippen molar-refractivity contribution in [3.63, 3.8) is 0 Å². The summed E-state index contributed by atoms with van der Waals surface area (Å²) in [5.41, 5.74) is 3.22. The minimum atomic E-state index is -0.296. The molecule has 1 saturated carbocycles. The van der Waals surface area contributed by atoms with E-state index in [1.807, 2.05) is 38.1 Å². The summed E-state index contributed by atoms with van der Waals surface area (Å²) in [7, 11) is 0. The van der Waals surface area contributed by atoms with E-state index < -0.39 is 0 Å². The first-order valence-electron chi connectivity index (χ1n) is 7.33. The van der Waals surface area contributed by atoms with E-state index in [1.165, 1.54) is 5.56 Å². The van der Waals surface area contributed by atoms with Crippen LogP contribution in [0.1, 0.15) is 36.6 Å². The van der Waals surface area contributed by atoms with Gasteiger partial charge in [-0.2, -0.15) is 0 Å². The van der Waals surface area contributed by atoms with Crippen LogP contribution in [0.25, 0.3) is 6.08 Å². The minimum Gasteiger partial charge on any atom is -0.453 e. The molecule has 0 bridgehead atoms. The quantitative estimate of drug-likeness (QED) is 0.709. The summed E-state index contributed by atoms with van der Waals surface area (Å²) in [5, 5.41) is 0. The number of allylic oxidation sites excluding steroid dienone is 1. The molecule has 3 rings (SSSR count). The van der Waals surface area contributed by atoms with E-state index in [9.17, 15) is 4.79 Å². The van der Waals surface area contributed by atoms with Crippen molar-refractivity contribution in [3.8, 4) is 0 Å². The summed E-state index contributed by atoms with van der Waals surface area (Å²) in [6, 6.07) is 6.05. The molecule has 0 aliphatic heterocycles. The molecule has 2 aliphatic carbocycles. The maximum absolute atomic E-state index is 12.5. The standard InChI is InChI=1S/C18H18Cl2O2/c1-10-5-4-6-12-11(10)7-8-14(12)22-17(21)16-13(9-15(19)20)18(16,2)3/h4-9,13-14,16H,1-3H3. The molecule has 22 heavy (non-hydrogen) atoms. The van der Waals surface area contributed by atoms with E-state index in [1.54, 1.807) is 6.08 Å². The largest absolute Gasteiger partial charge is 0.453 e. The van der Waals surface area contributed by atoms with Gasteiger partial charge in [-0.1, -0.05) is 61.3 Å². The highest BCUT2D eigenvalue weighted by Crippen LogP contribution is 2.60. The molecule has 3 unspecified atom stereocenters. The number of esters is 1. The Morgan fingerprint density at radius 3 is 2.73 bits per heavy atom. The summed E-state index contributed by atoms with van der Waals surface area (Å²) < 4.78 is 5.93. The number of hydrogen-bond acceptors (Lipinski definition) is 2. The van der Waals surface area contributed by atoms with Crippen LogP contribution < -0.4 is 0 Å². The fraction of sp³-hybridized carbons (Fsp3) is 0.389. The van der Waals surface area contributed by atoms with Crippen molar-refractivity contribution in [1.82, 2.24) is 0 Å². The molecule has 1 aromatic carbocycles. The summed E-state index contributed by atoms with van der Waals surface area (Å²) in [6.45, 7) is 6.11. The number of aryl methyl sites for hydroxylation is 1. The van der Waals surface area contributed by atoms with E-state index in [0.29, 0.717) is 0 Å². The molecule has 1 aromatic rings. The Hall–Kier alpha value is -1.25. The van der Waals surface area contributed by atoms with Gasteiger partial charge in [-0.05, 0) is 41.5 Å². The van der Waals surface area contributed by atoms with Crippen molar-refractivity contribution < 1.29 is 9.53 Å². The fourth-order valence-corrected chi connectivity index (χ4v) is 3.61. The second kappa shape index (κ2) is 5.43. The van der Waals surface area contributed by atoms with Gasteiger partial charge in [0.15, 0.2) is 0 Å². The van der Waals surface area contributed by atoms with E-state index in [0.717, 1.165) is 11.1 Å². The van der Waals surface area contributed by atoms with Gasteiger partial charge in [-0.25, -0.2) is 0 Å². The summed E-state index contributed by atoms with van der Waals surface area (Å²) in [6.07, 6.45) is 5.39. The lowest BCUT2D eigenvalue weighted by molar-refractivity contribution is -0.149. The van der Waals surface area contributed by atoms with Crippen LogP contribution in [0.4, 0.5) is 0 Å². The van der Waals surface area contributed by atoms with Crippen LogP contribution in [0.2, 0.25) is 0 Å². The van der Waals surface area contributed by atoms with Gasteiger partial charge < -0.3 is 4.74 Å². The van der Waals surface area contributed by atoms with Crippen molar-refractivity contribution in [1.29, 1.82) is 0 Å². The van der Waals surface area contributed by atoms with Gasteiger partial charge in [0.05, 0.1) is 5.92 Å². The van der Waals surface area contributed by atoms with E-state index >= 15 is 0 Å². The number of carbonyl (C=O) groups is 1. The monoisotopic (exact) mass is 336 g/mol. The molecule has 0 spiro atoms. The number of rotatable bonds is 3. The number of benzene rings is 1. The molecular weight excluding hydrogens is 319 g/mol. The van der Waals surface area contributed by atoms with E-state index in [-0.39, 0.29) is 33.8 Å². The zero-order valence-electron chi connectivity index (χ0n) is 12.8. The van der Waals surface area contributed by atoms with Crippen LogP contribution >= 0.6 is 23.2 Å². The molecule has 2 aliphatic rings. The predicted molar refractivity (Wildman–Crippen MR) is 89.6 cm³/mol. The van der Waals surface area contributed by atoms with Crippen LogP contribution in [-0.4, -0.2) is 5.97 Å². The highest BCUT2D eigenvalue weighted by atomic mass is 35.5. The summed E-state index contributed by atoms with van der Waals surface area (Å²) in [4.78, 5) is 12.5. The average molecular weight is 337 g/mol. The zero-order chi connectivity index (χ0) is 16.1. The maximum Gasteiger partial charge on any atom is 0.311 e. The molecule has 0 saturated heterocycles. The molecule has 1 fully saturated rings. The molecule has 4 heteroatoms. The smallest absolute Gasteiger partial charge is 0.311 e. The lowest BCUT2D eigenvalue weighted by atomic mass is 10.0. The Morgan fingerprint density at radius 2 is 2.05 bits per heavy atom. The van der Waals surface area contributed by atoms with Crippen LogP contribution in [0.15, 0.2) is 34.8 Å². The SMILES string of the molecule is Cc1cccc2c1C=CC2OC(=O)C1C(C=C(Cl)Cl)C1(C)C. The van der Waals surface area contributed by atoms with E-state index in [2.05, 4.69) is 13.0 Å². The third-order valence-electron chi connectivity index (χ3n) is 4.82. The number of halogens is 2. The first kappa shape index (κ1) is 15.6. The Bertz CT molecular complexity index is 684. The molecule has 0 radical (unpaired) electrons. The fourth-order valence-electron chi connectivity index (χ4n) is 3.34. The molecule has 0 amide bonds. The van der Waals surface area contributed by atoms with Crippen LogP contribution in [0, 0.1) is 24.2 Å². The van der Waals surface area contributed by atoms with Crippen molar-refractivity contribution >= 4 is 35.2 Å². The molecule has 116 valence electrons. The molecule has 3 atom stereocenters. The lowest BCUT2D eigenvalue weighted by Crippen LogP contribution is -2.13. The number of hydrogen-bond donors (Lipinski definition) is 0. The van der Waals surface area contributed by atoms with Crippen LogP contribution in [-0.2, 0) is 9.53 Å². The van der Waals surface area contributed by atoms with Gasteiger partial charge in [0.2, 0.25) is 0 Å². The van der Waals surface area contributed by atoms with Crippen molar-refractivity contribution in [2.75, 3.05) is 0 Å². The summed E-state index contributed by atoms with van der Waals surface area (Å²) >= 11 is 11.5. The average Bonchev–Trinajstić information content (AvgIpc) is 2.78. The third-order valence-corrected chi connectivity index (χ3v) is 5.07. The van der Waals surface area contributed by atoms with E-state index in [4.69, 9.17) is 27.9 Å². The Morgan fingerprint density at radius 1 is 1.32 bits per heavy atom.